The highest BCUT2D eigenvalue weighted by Gasteiger charge is 2.08. The number of anilines is 1. The second-order valence-corrected chi connectivity index (χ2v) is 5.94. The number of thiazole rings is 1. The summed E-state index contributed by atoms with van der Waals surface area (Å²) in [7, 11) is 3.88. The lowest BCUT2D eigenvalue weighted by Gasteiger charge is -2.08. The number of aromatic nitrogens is 1. The molecule has 0 unspecified atom stereocenters. The summed E-state index contributed by atoms with van der Waals surface area (Å²) in [6, 6.07) is 7.47. The normalized spacial score (nSPS) is 10.8. The van der Waals surface area contributed by atoms with Crippen LogP contribution in [0.5, 0.6) is 0 Å². The number of amides is 1. The molecule has 0 aliphatic carbocycles. The Morgan fingerprint density at radius 1 is 1.35 bits per heavy atom. The summed E-state index contributed by atoms with van der Waals surface area (Å²) in [6.07, 6.45) is 0.461. The number of rotatable bonds is 5. The third-order valence-corrected chi connectivity index (χ3v) is 3.69. The van der Waals surface area contributed by atoms with Gasteiger partial charge in [-0.2, -0.15) is 0 Å². The SMILES string of the molecule is CN(C)CCC(=O)Nc1nc(-c2ccc(Cl)cc2)cs1. The molecule has 0 aliphatic rings. The van der Waals surface area contributed by atoms with E-state index in [1.54, 1.807) is 0 Å². The summed E-state index contributed by atoms with van der Waals surface area (Å²) in [5.41, 5.74) is 1.83. The number of carbonyl (C=O) groups is 1. The molecular formula is C14H16ClN3OS. The first kappa shape index (κ1) is 15.0. The van der Waals surface area contributed by atoms with Crippen molar-refractivity contribution < 1.29 is 4.79 Å². The molecule has 2 aromatic rings. The van der Waals surface area contributed by atoms with Gasteiger partial charge >= 0.3 is 0 Å². The van der Waals surface area contributed by atoms with E-state index >= 15 is 0 Å². The predicted octanol–water partition coefficient (Wildman–Crippen LogP) is 3.35. The van der Waals surface area contributed by atoms with Gasteiger partial charge in [-0.3, -0.25) is 4.79 Å². The van der Waals surface area contributed by atoms with Gasteiger partial charge in [0.15, 0.2) is 5.13 Å². The average Bonchev–Trinajstić information content (AvgIpc) is 2.85. The van der Waals surface area contributed by atoms with E-state index in [9.17, 15) is 4.79 Å². The Hall–Kier alpha value is -1.43. The van der Waals surface area contributed by atoms with Crippen molar-refractivity contribution in [2.24, 2.45) is 0 Å². The van der Waals surface area contributed by atoms with Crippen LogP contribution in [0, 0.1) is 0 Å². The highest BCUT2D eigenvalue weighted by atomic mass is 35.5. The molecule has 0 atom stereocenters. The van der Waals surface area contributed by atoms with Gasteiger partial charge in [0.05, 0.1) is 5.69 Å². The molecule has 20 heavy (non-hydrogen) atoms. The molecule has 0 spiro atoms. The lowest BCUT2D eigenvalue weighted by molar-refractivity contribution is -0.116. The fourth-order valence-corrected chi connectivity index (χ4v) is 2.45. The Kier molecular flexibility index (Phi) is 5.11. The van der Waals surface area contributed by atoms with E-state index < -0.39 is 0 Å². The van der Waals surface area contributed by atoms with Crippen LogP contribution in [-0.2, 0) is 4.79 Å². The zero-order valence-corrected chi connectivity index (χ0v) is 13.0. The molecule has 4 nitrogen and oxygen atoms in total. The van der Waals surface area contributed by atoms with Crippen molar-refractivity contribution in [1.29, 1.82) is 0 Å². The monoisotopic (exact) mass is 309 g/mol. The Balaban J connectivity index is 1.98. The zero-order valence-electron chi connectivity index (χ0n) is 11.4. The second-order valence-electron chi connectivity index (χ2n) is 4.65. The average molecular weight is 310 g/mol. The molecule has 0 saturated heterocycles. The number of halogens is 1. The minimum atomic E-state index is -0.0179. The van der Waals surface area contributed by atoms with Gasteiger partial charge in [0, 0.05) is 28.9 Å². The quantitative estimate of drug-likeness (QED) is 0.921. The first-order chi connectivity index (χ1) is 9.54. The maximum absolute atomic E-state index is 11.7. The van der Waals surface area contributed by atoms with Gasteiger partial charge in [0.25, 0.3) is 0 Å². The van der Waals surface area contributed by atoms with Crippen LogP contribution >= 0.6 is 22.9 Å². The molecule has 106 valence electrons. The molecule has 1 amide bonds. The summed E-state index contributed by atoms with van der Waals surface area (Å²) in [5.74, 6) is -0.0179. The van der Waals surface area contributed by atoms with Crippen LogP contribution in [0.15, 0.2) is 29.6 Å². The first-order valence-electron chi connectivity index (χ1n) is 6.20. The Labute approximate surface area is 127 Å². The van der Waals surface area contributed by atoms with Crippen molar-refractivity contribution in [2.45, 2.75) is 6.42 Å². The third-order valence-electron chi connectivity index (χ3n) is 2.68. The molecule has 1 aromatic heterocycles. The van der Waals surface area contributed by atoms with Crippen molar-refractivity contribution in [2.75, 3.05) is 26.0 Å². The van der Waals surface area contributed by atoms with E-state index in [0.717, 1.165) is 17.8 Å². The third kappa shape index (κ3) is 4.30. The lowest BCUT2D eigenvalue weighted by atomic mass is 10.2. The molecular weight excluding hydrogens is 294 g/mol. The molecule has 0 radical (unpaired) electrons. The van der Waals surface area contributed by atoms with E-state index in [1.165, 1.54) is 11.3 Å². The molecule has 6 heteroatoms. The van der Waals surface area contributed by atoms with Gasteiger partial charge in [0.1, 0.15) is 0 Å². The van der Waals surface area contributed by atoms with E-state index in [4.69, 9.17) is 11.6 Å². The topological polar surface area (TPSA) is 45.2 Å². The van der Waals surface area contributed by atoms with E-state index in [-0.39, 0.29) is 5.91 Å². The number of nitrogens with one attached hydrogen (secondary N) is 1. The summed E-state index contributed by atoms with van der Waals surface area (Å²) >= 11 is 7.28. The molecule has 0 aliphatic heterocycles. The van der Waals surface area contributed by atoms with Gasteiger partial charge in [0.2, 0.25) is 5.91 Å². The number of hydrogen-bond acceptors (Lipinski definition) is 4. The smallest absolute Gasteiger partial charge is 0.227 e. The fraction of sp³-hybridized carbons (Fsp3) is 0.286. The maximum Gasteiger partial charge on any atom is 0.227 e. The van der Waals surface area contributed by atoms with Gasteiger partial charge in [-0.15, -0.1) is 11.3 Å². The van der Waals surface area contributed by atoms with Crippen molar-refractivity contribution in [3.05, 3.63) is 34.7 Å². The molecule has 2 rings (SSSR count). The number of carbonyl (C=O) groups excluding carboxylic acids is 1. The van der Waals surface area contributed by atoms with Gasteiger partial charge in [-0.25, -0.2) is 4.98 Å². The summed E-state index contributed by atoms with van der Waals surface area (Å²) in [6.45, 7) is 0.723. The van der Waals surface area contributed by atoms with Crippen LogP contribution in [0.2, 0.25) is 5.02 Å². The van der Waals surface area contributed by atoms with E-state index in [1.807, 2.05) is 48.6 Å². The van der Waals surface area contributed by atoms with Crippen molar-refractivity contribution in [3.8, 4) is 11.3 Å². The minimum Gasteiger partial charge on any atom is -0.309 e. The van der Waals surface area contributed by atoms with E-state index in [2.05, 4.69) is 10.3 Å². The van der Waals surface area contributed by atoms with Crippen LogP contribution < -0.4 is 5.32 Å². The second kappa shape index (κ2) is 6.83. The number of nitrogens with zero attached hydrogens (tertiary/aromatic N) is 2. The van der Waals surface area contributed by atoms with Crippen LogP contribution in [0.1, 0.15) is 6.42 Å². The molecule has 1 heterocycles. The van der Waals surface area contributed by atoms with Crippen molar-refractivity contribution in [3.63, 3.8) is 0 Å². The van der Waals surface area contributed by atoms with E-state index in [0.29, 0.717) is 16.6 Å². The maximum atomic E-state index is 11.7. The number of benzene rings is 1. The van der Waals surface area contributed by atoms with Gasteiger partial charge < -0.3 is 10.2 Å². The van der Waals surface area contributed by atoms with Gasteiger partial charge in [-0.05, 0) is 26.2 Å². The Morgan fingerprint density at radius 2 is 2.05 bits per heavy atom. The van der Waals surface area contributed by atoms with Gasteiger partial charge in [-0.1, -0.05) is 23.7 Å². The van der Waals surface area contributed by atoms with Crippen LogP contribution in [0.3, 0.4) is 0 Å². The molecule has 0 saturated carbocycles. The first-order valence-corrected chi connectivity index (χ1v) is 7.46. The fourth-order valence-electron chi connectivity index (χ4n) is 1.59. The summed E-state index contributed by atoms with van der Waals surface area (Å²) in [5, 5.41) is 6.06. The highest BCUT2D eigenvalue weighted by molar-refractivity contribution is 7.14. The lowest BCUT2D eigenvalue weighted by Crippen LogP contribution is -2.20. The predicted molar refractivity (Wildman–Crippen MR) is 84.4 cm³/mol. The summed E-state index contributed by atoms with van der Waals surface area (Å²) < 4.78 is 0. The zero-order chi connectivity index (χ0) is 14.5. The Morgan fingerprint density at radius 3 is 2.70 bits per heavy atom. The largest absolute Gasteiger partial charge is 0.309 e. The molecule has 1 N–H and O–H groups in total. The van der Waals surface area contributed by atoms with Crippen LogP contribution in [0.4, 0.5) is 5.13 Å². The minimum absolute atomic E-state index is 0.0179. The molecule has 0 bridgehead atoms. The van der Waals surface area contributed by atoms with Crippen molar-refractivity contribution >= 4 is 34.0 Å². The summed E-state index contributed by atoms with van der Waals surface area (Å²) in [4.78, 5) is 18.1. The molecule has 1 aromatic carbocycles. The Bertz CT molecular complexity index is 580. The van der Waals surface area contributed by atoms with Crippen LogP contribution in [0.25, 0.3) is 11.3 Å². The highest BCUT2D eigenvalue weighted by Crippen LogP contribution is 2.25. The van der Waals surface area contributed by atoms with Crippen molar-refractivity contribution in [1.82, 2.24) is 9.88 Å². The standard InChI is InChI=1S/C14H16ClN3OS/c1-18(2)8-7-13(19)17-14-16-12(9-20-14)10-3-5-11(15)6-4-10/h3-6,9H,7-8H2,1-2H3,(H,16,17,19). The van der Waals surface area contributed by atoms with Crippen LogP contribution in [-0.4, -0.2) is 36.4 Å². The molecule has 0 fully saturated rings. The number of hydrogen-bond donors (Lipinski definition) is 1.